The summed E-state index contributed by atoms with van der Waals surface area (Å²) in [5.74, 6) is -0.146. The zero-order chi connectivity index (χ0) is 19.9. The average Bonchev–Trinajstić information content (AvgIpc) is 3.28. The second kappa shape index (κ2) is 6.93. The number of nitrogens with one attached hydrogen (secondary N) is 2. The van der Waals surface area contributed by atoms with Gasteiger partial charge in [0.2, 0.25) is 0 Å². The normalized spacial score (nSPS) is 17.9. The first-order chi connectivity index (χ1) is 13.4. The molecule has 6 nitrogen and oxygen atoms in total. The lowest BCUT2D eigenvalue weighted by Gasteiger charge is -2.35. The molecule has 0 aliphatic heterocycles. The Bertz CT molecular complexity index is 996. The number of hydrogen-bond donors (Lipinski definition) is 2. The van der Waals surface area contributed by atoms with Gasteiger partial charge in [0.05, 0.1) is 23.6 Å². The first-order valence-corrected chi connectivity index (χ1v) is 9.85. The second-order valence-corrected chi connectivity index (χ2v) is 8.50. The average molecular weight is 377 g/mol. The molecule has 28 heavy (non-hydrogen) atoms. The van der Waals surface area contributed by atoms with Crippen molar-refractivity contribution in [3.05, 3.63) is 64.7 Å². The fourth-order valence-electron chi connectivity index (χ4n) is 3.97. The molecule has 3 aromatic rings. The van der Waals surface area contributed by atoms with Crippen LogP contribution in [0.5, 0.6) is 0 Å². The molecule has 0 saturated carbocycles. The van der Waals surface area contributed by atoms with Crippen LogP contribution in [-0.2, 0) is 12.8 Å². The minimum absolute atomic E-state index is 0.0631. The Balaban J connectivity index is 1.65. The van der Waals surface area contributed by atoms with Crippen molar-refractivity contribution in [2.45, 2.75) is 53.0 Å². The van der Waals surface area contributed by atoms with Gasteiger partial charge in [-0.25, -0.2) is 4.68 Å². The molecule has 1 aromatic carbocycles. The molecule has 4 rings (SSSR count). The summed E-state index contributed by atoms with van der Waals surface area (Å²) in [6.45, 7) is 8.59. The van der Waals surface area contributed by atoms with Crippen LogP contribution in [0, 0.1) is 12.3 Å². The molecule has 6 heteroatoms. The lowest BCUT2D eigenvalue weighted by molar-refractivity contribution is 0.0914. The van der Waals surface area contributed by atoms with Crippen LogP contribution in [0.2, 0.25) is 0 Å². The number of fused-ring (bicyclic) bond motifs is 1. The topological polar surface area (TPSA) is 75.6 Å². The van der Waals surface area contributed by atoms with Gasteiger partial charge in [-0.05, 0) is 49.8 Å². The van der Waals surface area contributed by atoms with E-state index in [1.54, 1.807) is 0 Å². The number of carbonyl (C=O) groups excluding carboxylic acids is 1. The van der Waals surface area contributed by atoms with Crippen molar-refractivity contribution in [3.63, 3.8) is 0 Å². The van der Waals surface area contributed by atoms with E-state index in [1.165, 1.54) is 11.3 Å². The van der Waals surface area contributed by atoms with E-state index in [1.807, 2.05) is 23.9 Å². The van der Waals surface area contributed by atoms with Gasteiger partial charge in [-0.2, -0.15) is 10.2 Å². The van der Waals surface area contributed by atoms with Gasteiger partial charge in [-0.3, -0.25) is 9.89 Å². The van der Waals surface area contributed by atoms with Crippen LogP contribution in [0.3, 0.4) is 0 Å². The molecule has 1 atom stereocenters. The van der Waals surface area contributed by atoms with Crippen LogP contribution in [0.15, 0.2) is 36.5 Å². The lowest BCUT2D eigenvalue weighted by atomic mass is 9.74. The summed E-state index contributed by atoms with van der Waals surface area (Å²) < 4.78 is 2.01. The molecular weight excluding hydrogens is 350 g/mol. The van der Waals surface area contributed by atoms with Crippen molar-refractivity contribution in [1.82, 2.24) is 25.3 Å². The number of aromatic amines is 1. The van der Waals surface area contributed by atoms with E-state index in [9.17, 15) is 4.79 Å². The Morgan fingerprint density at radius 2 is 2.07 bits per heavy atom. The zero-order valence-electron chi connectivity index (χ0n) is 16.9. The zero-order valence-corrected chi connectivity index (χ0v) is 16.9. The smallest absolute Gasteiger partial charge is 0.272 e. The SMILES string of the molecule is CCc1cc(C(=O)NC2CC(C)(C)Cc3c2cnn3-c2ccc(C)cc2)n[nH]1. The lowest BCUT2D eigenvalue weighted by Crippen LogP contribution is -2.37. The Hall–Kier alpha value is -2.89. The van der Waals surface area contributed by atoms with Gasteiger partial charge in [-0.15, -0.1) is 0 Å². The number of aromatic nitrogens is 4. The molecule has 146 valence electrons. The van der Waals surface area contributed by atoms with E-state index >= 15 is 0 Å². The maximum Gasteiger partial charge on any atom is 0.272 e. The third-order valence-electron chi connectivity index (χ3n) is 5.51. The van der Waals surface area contributed by atoms with E-state index < -0.39 is 0 Å². The summed E-state index contributed by atoms with van der Waals surface area (Å²) in [6, 6.07) is 10.1. The number of benzene rings is 1. The van der Waals surface area contributed by atoms with E-state index in [4.69, 9.17) is 0 Å². The highest BCUT2D eigenvalue weighted by Crippen LogP contribution is 2.41. The molecule has 1 unspecified atom stereocenters. The molecule has 0 spiro atoms. The minimum atomic E-state index is -0.146. The third kappa shape index (κ3) is 3.46. The summed E-state index contributed by atoms with van der Waals surface area (Å²) in [5.41, 5.74) is 6.00. The van der Waals surface area contributed by atoms with Crippen LogP contribution in [0.4, 0.5) is 0 Å². The van der Waals surface area contributed by atoms with Crippen molar-refractivity contribution < 1.29 is 4.79 Å². The number of amides is 1. The first kappa shape index (κ1) is 18.5. The van der Waals surface area contributed by atoms with Gasteiger partial charge < -0.3 is 5.32 Å². The maximum absolute atomic E-state index is 12.8. The van der Waals surface area contributed by atoms with Gasteiger partial charge in [-0.1, -0.05) is 38.5 Å². The number of hydrogen-bond acceptors (Lipinski definition) is 3. The van der Waals surface area contributed by atoms with Crippen LogP contribution in [0.25, 0.3) is 5.69 Å². The Morgan fingerprint density at radius 1 is 1.32 bits per heavy atom. The highest BCUT2D eigenvalue weighted by atomic mass is 16.2. The Labute approximate surface area is 165 Å². The van der Waals surface area contributed by atoms with Gasteiger partial charge in [0.15, 0.2) is 0 Å². The van der Waals surface area contributed by atoms with E-state index in [0.29, 0.717) is 5.69 Å². The Morgan fingerprint density at radius 3 is 2.75 bits per heavy atom. The predicted octanol–water partition coefficient (Wildman–Crippen LogP) is 3.91. The van der Waals surface area contributed by atoms with Crippen molar-refractivity contribution >= 4 is 5.91 Å². The third-order valence-corrected chi connectivity index (χ3v) is 5.51. The van der Waals surface area contributed by atoms with Crippen molar-refractivity contribution in [2.24, 2.45) is 5.41 Å². The van der Waals surface area contributed by atoms with Crippen molar-refractivity contribution in [3.8, 4) is 5.69 Å². The first-order valence-electron chi connectivity index (χ1n) is 9.85. The molecular formula is C22H27N5O. The standard InChI is InChI=1S/C22H27N5O/c1-5-15-10-18(26-25-15)21(28)24-19-11-22(3,4)12-20-17(19)13-23-27(20)16-8-6-14(2)7-9-16/h6-10,13,19H,5,11-12H2,1-4H3,(H,24,28)(H,25,26). The fourth-order valence-corrected chi connectivity index (χ4v) is 3.97. The quantitative estimate of drug-likeness (QED) is 0.724. The number of H-pyrrole nitrogens is 1. The van der Waals surface area contributed by atoms with Crippen molar-refractivity contribution in [1.29, 1.82) is 0 Å². The second-order valence-electron chi connectivity index (χ2n) is 8.50. The summed E-state index contributed by atoms with van der Waals surface area (Å²) in [6.07, 6.45) is 4.52. The van der Waals surface area contributed by atoms with Gasteiger partial charge in [0, 0.05) is 11.3 Å². The van der Waals surface area contributed by atoms with Crippen LogP contribution in [-0.4, -0.2) is 25.9 Å². The maximum atomic E-state index is 12.8. The summed E-state index contributed by atoms with van der Waals surface area (Å²) in [4.78, 5) is 12.8. The van der Waals surface area contributed by atoms with E-state index in [-0.39, 0.29) is 17.4 Å². The van der Waals surface area contributed by atoms with E-state index in [0.717, 1.165) is 36.2 Å². The number of aryl methyl sites for hydroxylation is 2. The molecule has 1 amide bonds. The fraction of sp³-hybridized carbons (Fsp3) is 0.409. The largest absolute Gasteiger partial charge is 0.344 e. The number of nitrogens with zero attached hydrogens (tertiary/aromatic N) is 3. The molecule has 2 N–H and O–H groups in total. The van der Waals surface area contributed by atoms with Gasteiger partial charge in [0.1, 0.15) is 5.69 Å². The monoisotopic (exact) mass is 377 g/mol. The number of rotatable bonds is 4. The highest BCUT2D eigenvalue weighted by Gasteiger charge is 2.36. The summed E-state index contributed by atoms with van der Waals surface area (Å²) >= 11 is 0. The molecule has 2 aromatic heterocycles. The molecule has 0 bridgehead atoms. The summed E-state index contributed by atoms with van der Waals surface area (Å²) in [5, 5.41) is 14.9. The van der Waals surface area contributed by atoms with Gasteiger partial charge >= 0.3 is 0 Å². The minimum Gasteiger partial charge on any atom is -0.344 e. The van der Waals surface area contributed by atoms with E-state index in [2.05, 4.69) is 65.6 Å². The highest BCUT2D eigenvalue weighted by molar-refractivity contribution is 5.92. The molecule has 1 aliphatic carbocycles. The summed E-state index contributed by atoms with van der Waals surface area (Å²) in [7, 11) is 0. The van der Waals surface area contributed by atoms with Gasteiger partial charge in [0.25, 0.3) is 5.91 Å². The predicted molar refractivity (Wildman–Crippen MR) is 109 cm³/mol. The molecule has 2 heterocycles. The Kier molecular flexibility index (Phi) is 4.57. The number of carbonyl (C=O) groups is 1. The van der Waals surface area contributed by atoms with Crippen molar-refractivity contribution in [2.75, 3.05) is 0 Å². The van der Waals surface area contributed by atoms with Crippen LogP contribution >= 0.6 is 0 Å². The molecule has 1 aliphatic rings. The molecule has 0 fully saturated rings. The molecule has 0 radical (unpaired) electrons. The van der Waals surface area contributed by atoms with Crippen LogP contribution < -0.4 is 5.32 Å². The molecule has 0 saturated heterocycles. The van der Waals surface area contributed by atoms with Crippen LogP contribution in [0.1, 0.15) is 66.2 Å².